The minimum absolute atomic E-state index is 0.105. The minimum Gasteiger partial charge on any atom is -0.486 e. The maximum Gasteiger partial charge on any atom is 0.235 e. The van der Waals surface area contributed by atoms with Crippen LogP contribution in [0.1, 0.15) is 47.2 Å². The van der Waals surface area contributed by atoms with E-state index in [1.54, 1.807) is 12.1 Å². The van der Waals surface area contributed by atoms with Crippen molar-refractivity contribution < 1.29 is 22.7 Å². The van der Waals surface area contributed by atoms with Gasteiger partial charge in [0.1, 0.15) is 35.1 Å². The summed E-state index contributed by atoms with van der Waals surface area (Å²) in [6, 6.07) is 18.4. The molecule has 5 rings (SSSR count). The molecule has 8 nitrogen and oxygen atoms in total. The van der Waals surface area contributed by atoms with Crippen LogP contribution in [-0.4, -0.2) is 25.1 Å². The van der Waals surface area contributed by atoms with Crippen LogP contribution >= 0.6 is 0 Å². The summed E-state index contributed by atoms with van der Waals surface area (Å²) >= 11 is 0. The maximum atomic E-state index is 11.8. The molecule has 2 atom stereocenters. The summed E-state index contributed by atoms with van der Waals surface area (Å²) in [6.45, 7) is 0. The number of aromatic nitrogens is 1. The molecule has 2 heterocycles. The first-order chi connectivity index (χ1) is 16.4. The van der Waals surface area contributed by atoms with E-state index >= 15 is 0 Å². The van der Waals surface area contributed by atoms with Crippen molar-refractivity contribution in [2.45, 2.75) is 31.3 Å². The van der Waals surface area contributed by atoms with Gasteiger partial charge in [0.15, 0.2) is 0 Å². The number of benzene rings is 2. The first-order valence-electron chi connectivity index (χ1n) is 10.9. The highest BCUT2D eigenvalue weighted by Gasteiger charge is 2.31. The average molecular weight is 476 g/mol. The highest BCUT2D eigenvalue weighted by atomic mass is 32.2. The highest BCUT2D eigenvalue weighted by Crippen LogP contribution is 2.41. The Morgan fingerprint density at radius 1 is 1.06 bits per heavy atom. The number of amides is 1. The lowest BCUT2D eigenvalue weighted by atomic mass is 9.97. The lowest BCUT2D eigenvalue weighted by Crippen LogP contribution is -2.40. The number of carbonyl (C=O) groups excluding carboxylic acids is 1. The second-order valence-electron chi connectivity index (χ2n) is 8.34. The first-order valence-corrected chi connectivity index (χ1v) is 12.5. The number of carbonyl (C=O) groups is 1. The van der Waals surface area contributed by atoms with Crippen molar-refractivity contribution in [3.63, 3.8) is 0 Å². The van der Waals surface area contributed by atoms with Crippen LogP contribution in [-0.2, 0) is 21.2 Å². The molecule has 2 aromatic carbocycles. The van der Waals surface area contributed by atoms with Gasteiger partial charge in [0.25, 0.3) is 0 Å². The molecule has 2 aliphatic rings. The topological polar surface area (TPSA) is 118 Å². The van der Waals surface area contributed by atoms with Gasteiger partial charge in [-0.1, -0.05) is 24.3 Å². The molecule has 0 spiro atoms. The molecule has 1 N–H and O–H groups in total. The van der Waals surface area contributed by atoms with Crippen molar-refractivity contribution in [2.24, 2.45) is 0 Å². The monoisotopic (exact) mass is 475 g/mol. The first kappa shape index (κ1) is 21.9. The average Bonchev–Trinajstić information content (AvgIpc) is 3.22. The molecule has 3 aromatic rings. The molecule has 1 amide bonds. The van der Waals surface area contributed by atoms with E-state index in [2.05, 4.69) is 4.98 Å². The fourth-order valence-corrected chi connectivity index (χ4v) is 5.79. The molecule has 1 fully saturated rings. The lowest BCUT2D eigenvalue weighted by Gasteiger charge is -2.23. The lowest BCUT2D eigenvalue weighted by molar-refractivity contribution is -0.119. The van der Waals surface area contributed by atoms with Crippen molar-refractivity contribution >= 4 is 15.9 Å². The Morgan fingerprint density at radius 2 is 1.85 bits per heavy atom. The van der Waals surface area contributed by atoms with E-state index in [1.807, 2.05) is 53.3 Å². The number of nitrogens with one attached hydrogen (secondary N) is 1. The second-order valence-corrected chi connectivity index (χ2v) is 10.1. The fraction of sp³-hybridized carbons (Fsp3) is 0.240. The molecular formula is C25H21N3O5S. The van der Waals surface area contributed by atoms with Crippen LogP contribution in [0.25, 0.3) is 0 Å². The molecular weight excluding hydrogens is 454 g/mol. The zero-order valence-electron chi connectivity index (χ0n) is 18.1. The Labute approximate surface area is 197 Å². The van der Waals surface area contributed by atoms with Gasteiger partial charge in [-0.2, -0.15) is 5.26 Å². The fourth-order valence-electron chi connectivity index (χ4n) is 4.44. The van der Waals surface area contributed by atoms with Gasteiger partial charge in [0, 0.05) is 17.9 Å². The van der Waals surface area contributed by atoms with E-state index in [0.717, 1.165) is 35.3 Å². The van der Waals surface area contributed by atoms with Gasteiger partial charge >= 0.3 is 0 Å². The normalized spacial score (nSPS) is 20.6. The van der Waals surface area contributed by atoms with Crippen molar-refractivity contribution in [2.75, 3.05) is 5.75 Å². The summed E-state index contributed by atoms with van der Waals surface area (Å²) in [5, 5.41) is 8.90. The summed E-state index contributed by atoms with van der Waals surface area (Å²) in [5.41, 5.74) is 3.26. The zero-order valence-corrected chi connectivity index (χ0v) is 18.9. The Balaban J connectivity index is 1.29. The number of sulfonamides is 1. The smallest absolute Gasteiger partial charge is 0.235 e. The van der Waals surface area contributed by atoms with Gasteiger partial charge in [0.05, 0.1) is 11.9 Å². The van der Waals surface area contributed by atoms with E-state index in [0.29, 0.717) is 17.2 Å². The van der Waals surface area contributed by atoms with Gasteiger partial charge < -0.3 is 9.47 Å². The van der Waals surface area contributed by atoms with Crippen molar-refractivity contribution in [3.05, 3.63) is 83.2 Å². The summed E-state index contributed by atoms with van der Waals surface area (Å²) < 4.78 is 38.0. The van der Waals surface area contributed by atoms with Crippen LogP contribution in [0.2, 0.25) is 0 Å². The third-order valence-corrected chi connectivity index (χ3v) is 7.38. The van der Waals surface area contributed by atoms with E-state index in [1.165, 1.54) is 6.20 Å². The molecule has 1 saturated heterocycles. The number of fused-ring (bicyclic) bond motifs is 1. The standard InChI is InChI=1S/C25H21N3O5S/c26-13-18-6-9-20(14-27-18)33-23-3-1-2-21-22(23)10-11-24(21)32-19-7-4-16(5-8-19)17-12-25(29)28-34(30,31)15-17/h1-9,14,17,24H,10-12,15H2,(H,28,29)/t17?,24-/m1/s1. The Morgan fingerprint density at radius 3 is 2.56 bits per heavy atom. The van der Waals surface area contributed by atoms with Crippen LogP contribution in [0.3, 0.4) is 0 Å². The number of hydrogen-bond acceptors (Lipinski definition) is 7. The molecule has 0 radical (unpaired) electrons. The number of hydrogen-bond donors (Lipinski definition) is 1. The van der Waals surface area contributed by atoms with E-state index in [4.69, 9.17) is 14.7 Å². The van der Waals surface area contributed by atoms with Crippen LogP contribution in [0, 0.1) is 11.3 Å². The molecule has 0 bridgehead atoms. The summed E-state index contributed by atoms with van der Waals surface area (Å²) in [5.74, 6) is 1.03. The van der Waals surface area contributed by atoms with Crippen LogP contribution in [0.15, 0.2) is 60.8 Å². The summed E-state index contributed by atoms with van der Waals surface area (Å²) in [6.07, 6.45) is 3.14. The predicted octanol–water partition coefficient (Wildman–Crippen LogP) is 3.75. The molecule has 1 unspecified atom stereocenters. The molecule has 0 saturated carbocycles. The molecule has 9 heteroatoms. The molecule has 172 valence electrons. The molecule has 34 heavy (non-hydrogen) atoms. The van der Waals surface area contributed by atoms with Crippen molar-refractivity contribution in [1.29, 1.82) is 5.26 Å². The maximum absolute atomic E-state index is 11.8. The quantitative estimate of drug-likeness (QED) is 0.597. The van der Waals surface area contributed by atoms with E-state index < -0.39 is 15.9 Å². The highest BCUT2D eigenvalue weighted by molar-refractivity contribution is 7.90. The largest absolute Gasteiger partial charge is 0.486 e. The number of nitrogens with zero attached hydrogens (tertiary/aromatic N) is 2. The van der Waals surface area contributed by atoms with Gasteiger partial charge in [-0.3, -0.25) is 9.52 Å². The number of ether oxygens (including phenoxy) is 2. The number of rotatable bonds is 5. The van der Waals surface area contributed by atoms with E-state index in [9.17, 15) is 13.2 Å². The molecule has 1 aromatic heterocycles. The van der Waals surface area contributed by atoms with Crippen LogP contribution < -0.4 is 14.2 Å². The Hall–Kier alpha value is -3.90. The Kier molecular flexibility index (Phi) is 5.67. The second kappa shape index (κ2) is 8.80. The van der Waals surface area contributed by atoms with Gasteiger partial charge in [-0.05, 0) is 54.3 Å². The third-order valence-electron chi connectivity index (χ3n) is 6.00. The van der Waals surface area contributed by atoms with Crippen LogP contribution in [0.4, 0.5) is 0 Å². The Bertz CT molecular complexity index is 1380. The number of pyridine rings is 1. The van der Waals surface area contributed by atoms with Crippen LogP contribution in [0.5, 0.6) is 17.2 Å². The van der Waals surface area contributed by atoms with Crippen molar-refractivity contribution in [3.8, 4) is 23.3 Å². The third kappa shape index (κ3) is 4.58. The molecule has 1 aliphatic carbocycles. The SMILES string of the molecule is N#Cc1ccc(Oc2cccc3c2CC[C@H]3Oc2ccc(C3CC(=O)NS(=O)(=O)C3)cc2)cn1. The van der Waals surface area contributed by atoms with Gasteiger partial charge in [-0.15, -0.1) is 0 Å². The van der Waals surface area contributed by atoms with Gasteiger partial charge in [-0.25, -0.2) is 13.4 Å². The van der Waals surface area contributed by atoms with Crippen molar-refractivity contribution in [1.82, 2.24) is 9.71 Å². The number of nitriles is 1. The molecule has 1 aliphatic heterocycles. The predicted molar refractivity (Wildman–Crippen MR) is 123 cm³/mol. The van der Waals surface area contributed by atoms with E-state index in [-0.39, 0.29) is 24.2 Å². The minimum atomic E-state index is -3.58. The summed E-state index contributed by atoms with van der Waals surface area (Å²) in [7, 11) is -3.58. The van der Waals surface area contributed by atoms with Gasteiger partial charge in [0.2, 0.25) is 15.9 Å². The zero-order chi connectivity index (χ0) is 23.7. The summed E-state index contributed by atoms with van der Waals surface area (Å²) in [4.78, 5) is 15.8.